The molecule has 22 heavy (non-hydrogen) atoms. The van der Waals surface area contributed by atoms with E-state index in [1.54, 1.807) is 43.3 Å². The fourth-order valence-corrected chi connectivity index (χ4v) is 2.37. The number of aliphatic hydroxyl groups is 1. The fraction of sp³-hybridized carbons (Fsp3) is 0.250. The summed E-state index contributed by atoms with van der Waals surface area (Å²) in [7, 11) is 0. The number of hydrogen-bond donors (Lipinski definition) is 2. The molecule has 0 saturated carbocycles. The van der Waals surface area contributed by atoms with Gasteiger partial charge in [0.25, 0.3) is 5.69 Å². The van der Waals surface area contributed by atoms with E-state index < -0.39 is 17.1 Å². The summed E-state index contributed by atoms with van der Waals surface area (Å²) < 4.78 is 0. The number of aryl methyl sites for hydroxylation is 1. The van der Waals surface area contributed by atoms with Gasteiger partial charge in [-0.1, -0.05) is 29.8 Å². The molecule has 0 fully saturated rings. The minimum Gasteiger partial charge on any atom is -0.391 e. The van der Waals surface area contributed by atoms with Crippen molar-refractivity contribution in [2.75, 3.05) is 5.32 Å². The standard InChI is InChI=1S/C16H17ClN2O3/c1-10-3-8-15(19(21)22)14(9-10)18-16(11(2)20)12-4-6-13(17)7-5-12/h3-9,11,16,18,20H,1-2H3. The van der Waals surface area contributed by atoms with Gasteiger partial charge in [-0.15, -0.1) is 0 Å². The number of nitrogens with one attached hydrogen (secondary N) is 1. The van der Waals surface area contributed by atoms with E-state index in [-0.39, 0.29) is 5.69 Å². The van der Waals surface area contributed by atoms with Crippen molar-refractivity contribution < 1.29 is 10.0 Å². The Labute approximate surface area is 133 Å². The number of anilines is 1. The van der Waals surface area contributed by atoms with Gasteiger partial charge in [0.2, 0.25) is 0 Å². The van der Waals surface area contributed by atoms with Crippen molar-refractivity contribution >= 4 is 23.0 Å². The Morgan fingerprint density at radius 2 is 1.86 bits per heavy atom. The van der Waals surface area contributed by atoms with Crippen molar-refractivity contribution in [1.82, 2.24) is 0 Å². The van der Waals surface area contributed by atoms with Crippen LogP contribution in [0.5, 0.6) is 0 Å². The van der Waals surface area contributed by atoms with Gasteiger partial charge in [-0.2, -0.15) is 0 Å². The second-order valence-electron chi connectivity index (χ2n) is 5.19. The zero-order valence-electron chi connectivity index (χ0n) is 12.3. The third kappa shape index (κ3) is 3.75. The molecule has 0 heterocycles. The number of hydrogen-bond acceptors (Lipinski definition) is 4. The van der Waals surface area contributed by atoms with E-state index in [9.17, 15) is 15.2 Å². The average molecular weight is 321 g/mol. The fourth-order valence-electron chi connectivity index (χ4n) is 2.24. The van der Waals surface area contributed by atoms with Gasteiger partial charge in [0.15, 0.2) is 0 Å². The molecule has 0 bridgehead atoms. The SMILES string of the molecule is Cc1ccc([N+](=O)[O-])c(NC(c2ccc(Cl)cc2)C(C)O)c1. The first-order valence-electron chi connectivity index (χ1n) is 6.83. The molecular formula is C16H17ClN2O3. The largest absolute Gasteiger partial charge is 0.391 e. The summed E-state index contributed by atoms with van der Waals surface area (Å²) in [5.41, 5.74) is 2.06. The molecule has 2 rings (SSSR count). The predicted molar refractivity (Wildman–Crippen MR) is 87.3 cm³/mol. The molecule has 0 saturated heterocycles. The molecule has 2 atom stereocenters. The lowest BCUT2D eigenvalue weighted by atomic mass is 10.0. The smallest absolute Gasteiger partial charge is 0.292 e. The first kappa shape index (κ1) is 16.3. The Balaban J connectivity index is 2.38. The molecule has 0 aromatic heterocycles. The lowest BCUT2D eigenvalue weighted by molar-refractivity contribution is -0.384. The van der Waals surface area contributed by atoms with Crippen molar-refractivity contribution in [3.05, 3.63) is 68.7 Å². The second-order valence-corrected chi connectivity index (χ2v) is 5.63. The molecule has 5 nitrogen and oxygen atoms in total. The van der Waals surface area contributed by atoms with E-state index in [0.717, 1.165) is 11.1 Å². The third-order valence-corrected chi connectivity index (χ3v) is 3.62. The molecule has 0 aliphatic heterocycles. The van der Waals surface area contributed by atoms with E-state index in [4.69, 9.17) is 11.6 Å². The lowest BCUT2D eigenvalue weighted by Gasteiger charge is -2.23. The Morgan fingerprint density at radius 3 is 2.41 bits per heavy atom. The quantitative estimate of drug-likeness (QED) is 0.642. The monoisotopic (exact) mass is 320 g/mol. The first-order valence-corrected chi connectivity index (χ1v) is 7.21. The number of benzene rings is 2. The molecular weight excluding hydrogens is 304 g/mol. The maximum Gasteiger partial charge on any atom is 0.292 e. The number of rotatable bonds is 5. The molecule has 6 heteroatoms. The zero-order chi connectivity index (χ0) is 16.3. The molecule has 0 spiro atoms. The van der Waals surface area contributed by atoms with Crippen LogP contribution in [0.15, 0.2) is 42.5 Å². The predicted octanol–water partition coefficient (Wildman–Crippen LogP) is 4.09. The van der Waals surface area contributed by atoms with Gasteiger partial charge in [0.05, 0.1) is 17.1 Å². The van der Waals surface area contributed by atoms with Crippen LogP contribution >= 0.6 is 11.6 Å². The van der Waals surface area contributed by atoms with E-state index >= 15 is 0 Å². The van der Waals surface area contributed by atoms with Crippen LogP contribution in [-0.2, 0) is 0 Å². The van der Waals surface area contributed by atoms with Crippen LogP contribution in [0.2, 0.25) is 5.02 Å². The lowest BCUT2D eigenvalue weighted by Crippen LogP contribution is -2.23. The minimum absolute atomic E-state index is 0.0230. The first-order chi connectivity index (χ1) is 10.4. The minimum atomic E-state index is -0.735. The number of nitrogens with zero attached hydrogens (tertiary/aromatic N) is 1. The van der Waals surface area contributed by atoms with Crippen molar-refractivity contribution in [2.45, 2.75) is 26.0 Å². The summed E-state index contributed by atoms with van der Waals surface area (Å²) in [5, 5.41) is 24.8. The third-order valence-electron chi connectivity index (χ3n) is 3.37. The Kier molecular flexibility index (Phi) is 5.00. The van der Waals surface area contributed by atoms with Crippen LogP contribution in [0, 0.1) is 17.0 Å². The van der Waals surface area contributed by atoms with Crippen LogP contribution in [-0.4, -0.2) is 16.1 Å². The van der Waals surface area contributed by atoms with Crippen LogP contribution in [0.25, 0.3) is 0 Å². The van der Waals surface area contributed by atoms with Crippen molar-refractivity contribution in [1.29, 1.82) is 0 Å². The van der Waals surface area contributed by atoms with Crippen molar-refractivity contribution in [3.8, 4) is 0 Å². The van der Waals surface area contributed by atoms with Gasteiger partial charge in [-0.25, -0.2) is 0 Å². The highest BCUT2D eigenvalue weighted by atomic mass is 35.5. The highest BCUT2D eigenvalue weighted by Crippen LogP contribution is 2.31. The van der Waals surface area contributed by atoms with Gasteiger partial charge < -0.3 is 10.4 Å². The number of halogens is 1. The summed E-state index contributed by atoms with van der Waals surface area (Å²) in [5.74, 6) is 0. The van der Waals surface area contributed by atoms with E-state index in [1.165, 1.54) is 6.07 Å². The summed E-state index contributed by atoms with van der Waals surface area (Å²) in [6, 6.07) is 11.4. The van der Waals surface area contributed by atoms with Gasteiger partial charge >= 0.3 is 0 Å². The summed E-state index contributed by atoms with van der Waals surface area (Å²) in [6.45, 7) is 3.49. The second kappa shape index (κ2) is 6.77. The number of nitro benzene ring substituents is 1. The van der Waals surface area contributed by atoms with Crippen molar-refractivity contribution in [2.24, 2.45) is 0 Å². The maximum atomic E-state index is 11.2. The molecule has 2 aromatic rings. The van der Waals surface area contributed by atoms with Gasteiger partial charge in [-0.3, -0.25) is 10.1 Å². The maximum absolute atomic E-state index is 11.2. The molecule has 0 aliphatic carbocycles. The van der Waals surface area contributed by atoms with Gasteiger partial charge in [0, 0.05) is 11.1 Å². The highest BCUT2D eigenvalue weighted by Gasteiger charge is 2.22. The van der Waals surface area contributed by atoms with Gasteiger partial charge in [0.1, 0.15) is 5.69 Å². The Hall–Kier alpha value is -2.11. The summed E-state index contributed by atoms with van der Waals surface area (Å²) in [6.07, 6.45) is -0.735. The zero-order valence-corrected chi connectivity index (χ0v) is 13.0. The van der Waals surface area contributed by atoms with Crippen LogP contribution in [0.4, 0.5) is 11.4 Å². The molecule has 0 radical (unpaired) electrons. The van der Waals surface area contributed by atoms with Gasteiger partial charge in [-0.05, 0) is 43.2 Å². The van der Waals surface area contributed by atoms with E-state index in [0.29, 0.717) is 10.7 Å². The number of aliphatic hydroxyl groups excluding tert-OH is 1. The van der Waals surface area contributed by atoms with Crippen LogP contribution in [0.3, 0.4) is 0 Å². The van der Waals surface area contributed by atoms with Crippen molar-refractivity contribution in [3.63, 3.8) is 0 Å². The molecule has 2 N–H and O–H groups in total. The molecule has 2 aromatic carbocycles. The molecule has 0 aliphatic rings. The highest BCUT2D eigenvalue weighted by molar-refractivity contribution is 6.30. The van der Waals surface area contributed by atoms with E-state index in [1.807, 2.05) is 6.92 Å². The normalized spacial score (nSPS) is 13.5. The van der Waals surface area contributed by atoms with Crippen LogP contribution < -0.4 is 5.32 Å². The number of nitro groups is 1. The molecule has 0 amide bonds. The Bertz CT molecular complexity index is 672. The summed E-state index contributed by atoms with van der Waals surface area (Å²) >= 11 is 5.87. The molecule has 116 valence electrons. The molecule has 2 unspecified atom stereocenters. The van der Waals surface area contributed by atoms with E-state index in [2.05, 4.69) is 5.32 Å². The van der Waals surface area contributed by atoms with Crippen LogP contribution in [0.1, 0.15) is 24.1 Å². The summed E-state index contributed by atoms with van der Waals surface area (Å²) in [4.78, 5) is 10.7. The Morgan fingerprint density at radius 1 is 1.23 bits per heavy atom. The topological polar surface area (TPSA) is 75.4 Å². The average Bonchev–Trinajstić information content (AvgIpc) is 2.45.